The first-order valence-electron chi connectivity index (χ1n) is 8.32. The van der Waals surface area contributed by atoms with Crippen LogP contribution in [0.3, 0.4) is 0 Å². The number of hydrogen-bond donors (Lipinski definition) is 3. The van der Waals surface area contributed by atoms with E-state index in [0.717, 1.165) is 30.5 Å². The van der Waals surface area contributed by atoms with Crippen molar-refractivity contribution >= 4 is 11.8 Å². The summed E-state index contributed by atoms with van der Waals surface area (Å²) in [4.78, 5) is 23.9. The van der Waals surface area contributed by atoms with Crippen molar-refractivity contribution in [3.8, 4) is 0 Å². The van der Waals surface area contributed by atoms with Gasteiger partial charge in [0.2, 0.25) is 11.8 Å². The standard InChI is InChI=1S/C18H27N3O2/c1-12-6-8-15(9-7-12)17(20-14(3)22)11-18(23)21-16-5-4-10-19-13(16)2/h6-9,13,16-17,19H,4-5,10-11H2,1-3H3,(H,20,22)(H,21,23). The lowest BCUT2D eigenvalue weighted by atomic mass is 9.98. The zero-order valence-corrected chi connectivity index (χ0v) is 14.2. The maximum atomic E-state index is 12.4. The van der Waals surface area contributed by atoms with Crippen molar-refractivity contribution in [3.63, 3.8) is 0 Å². The molecule has 1 fully saturated rings. The second-order valence-corrected chi connectivity index (χ2v) is 6.43. The minimum atomic E-state index is -0.292. The Kier molecular flexibility index (Phi) is 6.16. The van der Waals surface area contributed by atoms with E-state index >= 15 is 0 Å². The molecule has 1 heterocycles. The molecule has 0 bridgehead atoms. The van der Waals surface area contributed by atoms with E-state index in [9.17, 15) is 9.59 Å². The van der Waals surface area contributed by atoms with Gasteiger partial charge in [0.05, 0.1) is 12.5 Å². The second kappa shape index (κ2) is 8.11. The molecule has 5 heteroatoms. The fourth-order valence-electron chi connectivity index (χ4n) is 2.99. The molecule has 1 saturated heterocycles. The predicted octanol–water partition coefficient (Wildman–Crippen LogP) is 1.82. The highest BCUT2D eigenvalue weighted by atomic mass is 16.2. The molecule has 5 nitrogen and oxygen atoms in total. The van der Waals surface area contributed by atoms with Crippen LogP contribution in [0.5, 0.6) is 0 Å². The van der Waals surface area contributed by atoms with Crippen LogP contribution in [0.25, 0.3) is 0 Å². The van der Waals surface area contributed by atoms with Gasteiger partial charge in [-0.1, -0.05) is 29.8 Å². The molecule has 3 unspecified atom stereocenters. The summed E-state index contributed by atoms with van der Waals surface area (Å²) in [5.41, 5.74) is 2.11. The topological polar surface area (TPSA) is 70.2 Å². The average molecular weight is 317 g/mol. The van der Waals surface area contributed by atoms with Crippen molar-refractivity contribution in [2.75, 3.05) is 6.54 Å². The third-order valence-electron chi connectivity index (χ3n) is 4.35. The molecule has 1 aliphatic heterocycles. The molecule has 3 atom stereocenters. The maximum Gasteiger partial charge on any atom is 0.222 e. The summed E-state index contributed by atoms with van der Waals surface area (Å²) in [6.45, 7) is 6.59. The van der Waals surface area contributed by atoms with Crippen LogP contribution in [-0.4, -0.2) is 30.4 Å². The Morgan fingerprint density at radius 3 is 2.61 bits per heavy atom. The number of carbonyl (C=O) groups is 2. The summed E-state index contributed by atoms with van der Waals surface area (Å²) < 4.78 is 0. The van der Waals surface area contributed by atoms with E-state index in [1.165, 1.54) is 6.92 Å². The monoisotopic (exact) mass is 317 g/mol. The van der Waals surface area contributed by atoms with E-state index < -0.39 is 0 Å². The zero-order valence-electron chi connectivity index (χ0n) is 14.2. The fourth-order valence-corrected chi connectivity index (χ4v) is 2.99. The average Bonchev–Trinajstić information content (AvgIpc) is 2.49. The molecule has 0 spiro atoms. The van der Waals surface area contributed by atoms with Crippen molar-refractivity contribution in [2.45, 2.75) is 58.2 Å². The molecular weight excluding hydrogens is 290 g/mol. The minimum absolute atomic E-state index is 0.0233. The lowest BCUT2D eigenvalue weighted by Gasteiger charge is -2.31. The number of benzene rings is 1. The van der Waals surface area contributed by atoms with Crippen molar-refractivity contribution in [3.05, 3.63) is 35.4 Å². The molecule has 3 N–H and O–H groups in total. The highest BCUT2D eigenvalue weighted by Crippen LogP contribution is 2.18. The molecule has 1 aromatic carbocycles. The summed E-state index contributed by atoms with van der Waals surface area (Å²) >= 11 is 0. The molecule has 1 aliphatic rings. The molecular formula is C18H27N3O2. The molecule has 126 valence electrons. The lowest BCUT2D eigenvalue weighted by Crippen LogP contribution is -2.52. The Labute approximate surface area is 138 Å². The van der Waals surface area contributed by atoms with Gasteiger partial charge in [0.25, 0.3) is 0 Å². The van der Waals surface area contributed by atoms with Gasteiger partial charge in [-0.3, -0.25) is 9.59 Å². The van der Waals surface area contributed by atoms with Crippen LogP contribution in [0.4, 0.5) is 0 Å². The van der Waals surface area contributed by atoms with E-state index in [4.69, 9.17) is 0 Å². The molecule has 0 aliphatic carbocycles. The number of hydrogen-bond acceptors (Lipinski definition) is 3. The van der Waals surface area contributed by atoms with Gasteiger partial charge in [-0.15, -0.1) is 0 Å². The molecule has 23 heavy (non-hydrogen) atoms. The molecule has 0 radical (unpaired) electrons. The Morgan fingerprint density at radius 1 is 1.30 bits per heavy atom. The van der Waals surface area contributed by atoms with Crippen LogP contribution < -0.4 is 16.0 Å². The number of piperidine rings is 1. The highest BCUT2D eigenvalue weighted by Gasteiger charge is 2.24. The van der Waals surface area contributed by atoms with E-state index in [1.807, 2.05) is 31.2 Å². The third-order valence-corrected chi connectivity index (χ3v) is 4.35. The number of aryl methyl sites for hydroxylation is 1. The van der Waals surface area contributed by atoms with Crippen LogP contribution in [0.1, 0.15) is 50.3 Å². The number of rotatable bonds is 5. The Hall–Kier alpha value is -1.88. The Balaban J connectivity index is 2.00. The van der Waals surface area contributed by atoms with Gasteiger partial charge in [-0.25, -0.2) is 0 Å². The number of amides is 2. The molecule has 2 amide bonds. The third kappa shape index (κ3) is 5.36. The Morgan fingerprint density at radius 2 is 2.00 bits per heavy atom. The van der Waals surface area contributed by atoms with Gasteiger partial charge in [0, 0.05) is 19.0 Å². The van der Waals surface area contributed by atoms with Crippen LogP contribution in [0, 0.1) is 6.92 Å². The van der Waals surface area contributed by atoms with Gasteiger partial charge in [0.15, 0.2) is 0 Å². The second-order valence-electron chi connectivity index (χ2n) is 6.43. The van der Waals surface area contributed by atoms with Gasteiger partial charge in [0.1, 0.15) is 0 Å². The van der Waals surface area contributed by atoms with Crippen molar-refractivity contribution in [2.24, 2.45) is 0 Å². The highest BCUT2D eigenvalue weighted by molar-refractivity contribution is 5.79. The van der Waals surface area contributed by atoms with E-state index in [2.05, 4.69) is 22.9 Å². The van der Waals surface area contributed by atoms with E-state index in [0.29, 0.717) is 0 Å². The minimum Gasteiger partial charge on any atom is -0.352 e. The van der Waals surface area contributed by atoms with Gasteiger partial charge in [-0.2, -0.15) is 0 Å². The molecule has 1 aromatic rings. The summed E-state index contributed by atoms with van der Waals surface area (Å²) in [6, 6.07) is 8.07. The summed E-state index contributed by atoms with van der Waals surface area (Å²) in [7, 11) is 0. The first-order valence-corrected chi connectivity index (χ1v) is 8.32. The largest absolute Gasteiger partial charge is 0.352 e. The molecule has 0 aromatic heterocycles. The number of nitrogens with one attached hydrogen (secondary N) is 3. The zero-order chi connectivity index (χ0) is 16.8. The fraction of sp³-hybridized carbons (Fsp3) is 0.556. The maximum absolute atomic E-state index is 12.4. The SMILES string of the molecule is CC(=O)NC(CC(=O)NC1CCCNC1C)c1ccc(C)cc1. The summed E-state index contributed by atoms with van der Waals surface area (Å²) in [5, 5.41) is 9.36. The smallest absolute Gasteiger partial charge is 0.222 e. The van der Waals surface area contributed by atoms with Crippen LogP contribution in [-0.2, 0) is 9.59 Å². The molecule has 0 saturated carbocycles. The van der Waals surface area contributed by atoms with Gasteiger partial charge >= 0.3 is 0 Å². The first-order chi connectivity index (χ1) is 11.0. The number of carbonyl (C=O) groups excluding carboxylic acids is 2. The Bertz CT molecular complexity index is 542. The van der Waals surface area contributed by atoms with Crippen molar-refractivity contribution < 1.29 is 9.59 Å². The van der Waals surface area contributed by atoms with Gasteiger partial charge in [-0.05, 0) is 38.8 Å². The first kappa shape index (κ1) is 17.5. The van der Waals surface area contributed by atoms with Crippen molar-refractivity contribution in [1.82, 2.24) is 16.0 Å². The summed E-state index contributed by atoms with van der Waals surface area (Å²) in [6.07, 6.45) is 2.32. The van der Waals surface area contributed by atoms with Crippen LogP contribution >= 0.6 is 0 Å². The lowest BCUT2D eigenvalue weighted by molar-refractivity contribution is -0.123. The van der Waals surface area contributed by atoms with E-state index in [-0.39, 0.29) is 36.4 Å². The predicted molar refractivity (Wildman–Crippen MR) is 91.0 cm³/mol. The summed E-state index contributed by atoms with van der Waals surface area (Å²) in [5.74, 6) is -0.152. The van der Waals surface area contributed by atoms with Crippen LogP contribution in [0.15, 0.2) is 24.3 Å². The quantitative estimate of drug-likeness (QED) is 0.776. The normalized spacial score (nSPS) is 22.2. The molecule has 2 rings (SSSR count). The van der Waals surface area contributed by atoms with Crippen LogP contribution in [0.2, 0.25) is 0 Å². The van der Waals surface area contributed by atoms with E-state index in [1.54, 1.807) is 0 Å². The van der Waals surface area contributed by atoms with Crippen molar-refractivity contribution in [1.29, 1.82) is 0 Å². The van der Waals surface area contributed by atoms with Gasteiger partial charge < -0.3 is 16.0 Å².